The number of aromatic nitrogens is 1. The van der Waals surface area contributed by atoms with Crippen LogP contribution in [0.15, 0.2) is 22.7 Å². The molecule has 112 valence electrons. The fourth-order valence-electron chi connectivity index (χ4n) is 2.46. The molecule has 1 unspecified atom stereocenters. The number of hydrogen-bond donors (Lipinski definition) is 1. The van der Waals surface area contributed by atoms with Gasteiger partial charge in [-0.05, 0) is 38.5 Å². The summed E-state index contributed by atoms with van der Waals surface area (Å²) in [7, 11) is 0. The first kappa shape index (κ1) is 13.9. The van der Waals surface area contributed by atoms with Gasteiger partial charge in [0.15, 0.2) is 11.5 Å². The summed E-state index contributed by atoms with van der Waals surface area (Å²) in [5.41, 5.74) is 3.24. The summed E-state index contributed by atoms with van der Waals surface area (Å²) in [6.45, 7) is 7.98. The number of benzene rings is 1. The highest BCUT2D eigenvalue weighted by molar-refractivity contribution is 5.44. The topological polar surface area (TPSA) is 56.5 Å². The summed E-state index contributed by atoms with van der Waals surface area (Å²) in [5.74, 6) is 2.52. The molecule has 0 saturated carbocycles. The monoisotopic (exact) mass is 288 g/mol. The SMILES string of the molecule is Cc1noc(C)c1CNC(C)c1ccc2c(c1)OCCO2. The van der Waals surface area contributed by atoms with Crippen LogP contribution in [0.3, 0.4) is 0 Å². The molecule has 1 N–H and O–H groups in total. The highest BCUT2D eigenvalue weighted by Gasteiger charge is 2.15. The minimum atomic E-state index is 0.203. The van der Waals surface area contributed by atoms with Crippen LogP contribution >= 0.6 is 0 Å². The Morgan fingerprint density at radius 3 is 2.67 bits per heavy atom. The molecule has 1 aromatic carbocycles. The minimum Gasteiger partial charge on any atom is -0.486 e. The van der Waals surface area contributed by atoms with Crippen LogP contribution in [-0.4, -0.2) is 18.4 Å². The standard InChI is InChI=1S/C16H20N2O3/c1-10(17-9-14-11(2)18-21-12(14)3)13-4-5-15-16(8-13)20-7-6-19-15/h4-5,8,10,17H,6-7,9H2,1-3H3. The predicted octanol–water partition coefficient (Wildman–Crippen LogP) is 2.91. The van der Waals surface area contributed by atoms with Gasteiger partial charge < -0.3 is 19.3 Å². The van der Waals surface area contributed by atoms with E-state index in [2.05, 4.69) is 23.5 Å². The number of nitrogens with one attached hydrogen (secondary N) is 1. The van der Waals surface area contributed by atoms with Crippen molar-refractivity contribution in [2.45, 2.75) is 33.4 Å². The molecule has 1 aliphatic rings. The van der Waals surface area contributed by atoms with Gasteiger partial charge in [-0.3, -0.25) is 0 Å². The fraction of sp³-hybridized carbons (Fsp3) is 0.438. The van der Waals surface area contributed by atoms with Crippen LogP contribution in [0.2, 0.25) is 0 Å². The molecule has 0 radical (unpaired) electrons. The number of hydrogen-bond acceptors (Lipinski definition) is 5. The van der Waals surface area contributed by atoms with Crippen LogP contribution in [0, 0.1) is 13.8 Å². The Labute approximate surface area is 124 Å². The van der Waals surface area contributed by atoms with E-state index >= 15 is 0 Å². The van der Waals surface area contributed by atoms with Crippen LogP contribution in [0.4, 0.5) is 0 Å². The summed E-state index contributed by atoms with van der Waals surface area (Å²) in [5, 5.41) is 7.47. The lowest BCUT2D eigenvalue weighted by Gasteiger charge is -2.21. The molecule has 21 heavy (non-hydrogen) atoms. The number of rotatable bonds is 4. The van der Waals surface area contributed by atoms with E-state index in [4.69, 9.17) is 14.0 Å². The zero-order valence-electron chi connectivity index (χ0n) is 12.6. The Morgan fingerprint density at radius 2 is 1.95 bits per heavy atom. The molecule has 0 spiro atoms. The Bertz CT molecular complexity index is 617. The zero-order chi connectivity index (χ0) is 14.8. The second kappa shape index (κ2) is 5.77. The van der Waals surface area contributed by atoms with Crippen molar-refractivity contribution in [3.8, 4) is 11.5 Å². The summed E-state index contributed by atoms with van der Waals surface area (Å²) in [6, 6.07) is 6.28. The molecule has 0 saturated heterocycles. The van der Waals surface area contributed by atoms with Crippen LogP contribution in [0.5, 0.6) is 11.5 Å². The molecule has 0 bridgehead atoms. The molecule has 0 amide bonds. The van der Waals surface area contributed by atoms with E-state index in [0.717, 1.165) is 35.1 Å². The van der Waals surface area contributed by atoms with E-state index in [1.807, 2.05) is 26.0 Å². The van der Waals surface area contributed by atoms with Gasteiger partial charge in [0.2, 0.25) is 0 Å². The molecular weight excluding hydrogens is 268 g/mol. The second-order valence-electron chi connectivity index (χ2n) is 5.31. The van der Waals surface area contributed by atoms with Gasteiger partial charge in [-0.2, -0.15) is 0 Å². The fourth-order valence-corrected chi connectivity index (χ4v) is 2.46. The molecule has 0 fully saturated rings. The lowest BCUT2D eigenvalue weighted by molar-refractivity contribution is 0.171. The van der Waals surface area contributed by atoms with Gasteiger partial charge in [-0.15, -0.1) is 0 Å². The smallest absolute Gasteiger partial charge is 0.161 e. The molecule has 1 aromatic heterocycles. The number of fused-ring (bicyclic) bond motifs is 1. The van der Waals surface area contributed by atoms with Gasteiger partial charge in [-0.1, -0.05) is 11.2 Å². The molecule has 2 heterocycles. The van der Waals surface area contributed by atoms with E-state index in [0.29, 0.717) is 13.2 Å². The number of ether oxygens (including phenoxy) is 2. The van der Waals surface area contributed by atoms with Gasteiger partial charge in [0.05, 0.1) is 5.69 Å². The molecule has 1 atom stereocenters. The molecule has 2 aromatic rings. The quantitative estimate of drug-likeness (QED) is 0.937. The van der Waals surface area contributed by atoms with Gasteiger partial charge in [0.1, 0.15) is 19.0 Å². The first-order valence-electron chi connectivity index (χ1n) is 7.20. The lowest BCUT2D eigenvalue weighted by Crippen LogP contribution is -2.20. The van der Waals surface area contributed by atoms with Crippen molar-refractivity contribution in [2.75, 3.05) is 13.2 Å². The maximum Gasteiger partial charge on any atom is 0.161 e. The summed E-state index contributed by atoms with van der Waals surface area (Å²) < 4.78 is 16.3. The second-order valence-corrected chi connectivity index (χ2v) is 5.31. The Morgan fingerprint density at radius 1 is 1.19 bits per heavy atom. The van der Waals surface area contributed by atoms with Gasteiger partial charge in [0.25, 0.3) is 0 Å². The number of nitrogens with zero attached hydrogens (tertiary/aromatic N) is 1. The van der Waals surface area contributed by atoms with E-state index in [1.54, 1.807) is 0 Å². The third-order valence-corrected chi connectivity index (χ3v) is 3.83. The molecule has 5 nitrogen and oxygen atoms in total. The van der Waals surface area contributed by atoms with E-state index < -0.39 is 0 Å². The molecular formula is C16H20N2O3. The lowest BCUT2D eigenvalue weighted by atomic mass is 10.1. The van der Waals surface area contributed by atoms with E-state index in [1.165, 1.54) is 5.56 Å². The Balaban J connectivity index is 1.69. The van der Waals surface area contributed by atoms with Crippen LogP contribution in [-0.2, 0) is 6.54 Å². The largest absolute Gasteiger partial charge is 0.486 e. The van der Waals surface area contributed by atoms with Crippen molar-refractivity contribution in [1.82, 2.24) is 10.5 Å². The van der Waals surface area contributed by atoms with Crippen LogP contribution in [0.25, 0.3) is 0 Å². The van der Waals surface area contributed by atoms with Crippen LogP contribution in [0.1, 0.15) is 35.5 Å². The average molecular weight is 288 g/mol. The maximum atomic E-state index is 5.63. The third-order valence-electron chi connectivity index (χ3n) is 3.83. The Kier molecular flexibility index (Phi) is 3.84. The molecule has 5 heteroatoms. The summed E-state index contributed by atoms with van der Waals surface area (Å²) in [4.78, 5) is 0. The predicted molar refractivity (Wildman–Crippen MR) is 78.7 cm³/mol. The number of aryl methyl sites for hydroxylation is 2. The van der Waals surface area contributed by atoms with Gasteiger partial charge >= 0.3 is 0 Å². The van der Waals surface area contributed by atoms with Gasteiger partial charge in [0, 0.05) is 18.2 Å². The average Bonchev–Trinajstić information content (AvgIpc) is 2.83. The summed E-state index contributed by atoms with van der Waals surface area (Å²) in [6.07, 6.45) is 0. The summed E-state index contributed by atoms with van der Waals surface area (Å²) >= 11 is 0. The van der Waals surface area contributed by atoms with Crippen molar-refractivity contribution < 1.29 is 14.0 Å². The highest BCUT2D eigenvalue weighted by Crippen LogP contribution is 2.32. The first-order valence-corrected chi connectivity index (χ1v) is 7.20. The highest BCUT2D eigenvalue weighted by atomic mass is 16.6. The van der Waals surface area contributed by atoms with Crippen LogP contribution < -0.4 is 14.8 Å². The first-order chi connectivity index (χ1) is 10.1. The van der Waals surface area contributed by atoms with E-state index in [-0.39, 0.29) is 6.04 Å². The normalized spacial score (nSPS) is 15.0. The van der Waals surface area contributed by atoms with E-state index in [9.17, 15) is 0 Å². The maximum absolute atomic E-state index is 5.63. The molecule has 0 aliphatic carbocycles. The van der Waals surface area contributed by atoms with Crippen molar-refractivity contribution >= 4 is 0 Å². The molecule has 1 aliphatic heterocycles. The van der Waals surface area contributed by atoms with Gasteiger partial charge in [-0.25, -0.2) is 0 Å². The van der Waals surface area contributed by atoms with Crippen molar-refractivity contribution in [2.24, 2.45) is 0 Å². The minimum absolute atomic E-state index is 0.203. The van der Waals surface area contributed by atoms with Crippen molar-refractivity contribution in [1.29, 1.82) is 0 Å². The van der Waals surface area contributed by atoms with Crippen molar-refractivity contribution in [3.05, 3.63) is 40.8 Å². The molecule has 3 rings (SSSR count). The van der Waals surface area contributed by atoms with Crippen molar-refractivity contribution in [3.63, 3.8) is 0 Å². The Hall–Kier alpha value is -2.01. The zero-order valence-corrected chi connectivity index (χ0v) is 12.6. The third kappa shape index (κ3) is 2.88.